The van der Waals surface area contributed by atoms with E-state index in [-0.39, 0.29) is 17.4 Å². The summed E-state index contributed by atoms with van der Waals surface area (Å²) in [6.07, 6.45) is 2.73. The molecule has 9 heteroatoms. The van der Waals surface area contributed by atoms with E-state index >= 15 is 0 Å². The Bertz CT molecular complexity index is 1160. The van der Waals surface area contributed by atoms with Gasteiger partial charge < -0.3 is 20.1 Å². The van der Waals surface area contributed by atoms with Crippen LogP contribution in [0.2, 0.25) is 0 Å². The van der Waals surface area contributed by atoms with Crippen molar-refractivity contribution < 1.29 is 23.0 Å². The van der Waals surface area contributed by atoms with Crippen molar-refractivity contribution in [3.8, 4) is 21.9 Å². The van der Waals surface area contributed by atoms with Gasteiger partial charge in [0.1, 0.15) is 5.69 Å². The molecule has 0 saturated heterocycles. The number of amides is 1. The van der Waals surface area contributed by atoms with Gasteiger partial charge in [-0.2, -0.15) is 8.78 Å². The third kappa shape index (κ3) is 5.83. The molecule has 0 aliphatic heterocycles. The average Bonchev–Trinajstić information content (AvgIpc) is 3.54. The second kappa shape index (κ2) is 10.4. The van der Waals surface area contributed by atoms with Crippen LogP contribution in [0.15, 0.2) is 42.5 Å². The van der Waals surface area contributed by atoms with E-state index in [1.807, 2.05) is 36.1 Å². The molecule has 1 amide bonds. The molecule has 1 aromatic heterocycles. The van der Waals surface area contributed by atoms with E-state index in [0.29, 0.717) is 36.3 Å². The molecule has 0 unspecified atom stereocenters. The minimum atomic E-state index is -2.93. The van der Waals surface area contributed by atoms with Crippen LogP contribution >= 0.6 is 11.3 Å². The van der Waals surface area contributed by atoms with Gasteiger partial charge in [0.2, 0.25) is 0 Å². The molecule has 0 radical (unpaired) electrons. The Morgan fingerprint density at radius 3 is 2.71 bits per heavy atom. The van der Waals surface area contributed by atoms with Crippen molar-refractivity contribution in [3.63, 3.8) is 0 Å². The van der Waals surface area contributed by atoms with E-state index in [9.17, 15) is 13.6 Å². The molecule has 1 heterocycles. The van der Waals surface area contributed by atoms with Crippen LogP contribution < -0.4 is 15.2 Å². The van der Waals surface area contributed by atoms with Gasteiger partial charge in [-0.3, -0.25) is 4.79 Å². The molecule has 0 spiro atoms. The Morgan fingerprint density at radius 1 is 1.24 bits per heavy atom. The van der Waals surface area contributed by atoms with Gasteiger partial charge in [-0.05, 0) is 55.4 Å². The van der Waals surface area contributed by atoms with Gasteiger partial charge in [0.25, 0.3) is 5.91 Å². The predicted octanol–water partition coefficient (Wildman–Crippen LogP) is 5.41. The first-order valence-electron chi connectivity index (χ1n) is 11.1. The van der Waals surface area contributed by atoms with Crippen LogP contribution in [0.25, 0.3) is 10.4 Å². The van der Waals surface area contributed by atoms with Gasteiger partial charge in [0.05, 0.1) is 12.0 Å². The average molecular weight is 488 g/mol. The number of nitrogens with two attached hydrogens (primary N) is 1. The molecule has 4 rings (SSSR count). The maximum Gasteiger partial charge on any atom is 0.387 e. The number of nitrogens with zero attached hydrogens (tertiary/aromatic N) is 2. The molecule has 2 aromatic carbocycles. The first kappa shape index (κ1) is 23.9. The number of ether oxygens (including phenoxy) is 2. The van der Waals surface area contributed by atoms with Crippen LogP contribution in [0.5, 0.6) is 11.5 Å². The van der Waals surface area contributed by atoms with Crippen LogP contribution in [0.3, 0.4) is 0 Å². The Hall–Kier alpha value is -3.20. The topological polar surface area (TPSA) is 77.7 Å². The minimum absolute atomic E-state index is 0.0205. The number of carbonyl (C=O) groups is 1. The molecule has 6 nitrogen and oxygen atoms in total. The SMILES string of the molecule is COc1cc(CCN(CC2CC2)C(=O)c2nc(N)sc2-c2cccc(C)c2)ccc1OC(F)F. The molecule has 1 aliphatic rings. The summed E-state index contributed by atoms with van der Waals surface area (Å²) in [4.78, 5) is 20.6. The lowest BCUT2D eigenvalue weighted by atomic mass is 10.1. The second-order valence-corrected chi connectivity index (χ2v) is 9.44. The molecule has 1 aliphatic carbocycles. The summed E-state index contributed by atoms with van der Waals surface area (Å²) in [5.74, 6) is 0.541. The van der Waals surface area contributed by atoms with Gasteiger partial charge in [-0.25, -0.2) is 4.98 Å². The zero-order valence-electron chi connectivity index (χ0n) is 19.1. The van der Waals surface area contributed by atoms with Crippen molar-refractivity contribution >= 4 is 22.4 Å². The van der Waals surface area contributed by atoms with Gasteiger partial charge in [-0.15, -0.1) is 0 Å². The third-order valence-corrected chi connectivity index (χ3v) is 6.64. The zero-order valence-corrected chi connectivity index (χ0v) is 19.9. The Kier molecular flexibility index (Phi) is 7.31. The fraction of sp³-hybridized carbons (Fsp3) is 0.360. The number of halogens is 2. The van der Waals surface area contributed by atoms with Crippen molar-refractivity contribution in [3.05, 3.63) is 59.3 Å². The molecule has 3 aromatic rings. The highest BCUT2D eigenvalue weighted by Crippen LogP contribution is 2.35. The highest BCUT2D eigenvalue weighted by Gasteiger charge is 2.30. The summed E-state index contributed by atoms with van der Waals surface area (Å²) in [5.41, 5.74) is 9.24. The number of hydrogen-bond acceptors (Lipinski definition) is 6. The lowest BCUT2D eigenvalue weighted by molar-refractivity contribution is -0.0512. The van der Waals surface area contributed by atoms with Crippen LogP contribution in [0, 0.1) is 12.8 Å². The lowest BCUT2D eigenvalue weighted by Gasteiger charge is -2.23. The highest BCUT2D eigenvalue weighted by atomic mass is 32.1. The molecule has 0 atom stereocenters. The second-order valence-electron chi connectivity index (χ2n) is 8.41. The Labute approximate surface area is 201 Å². The van der Waals surface area contributed by atoms with E-state index < -0.39 is 6.61 Å². The molecule has 1 fully saturated rings. The van der Waals surface area contributed by atoms with Crippen molar-refractivity contribution in [1.82, 2.24) is 9.88 Å². The van der Waals surface area contributed by atoms with Crippen molar-refractivity contribution in [2.75, 3.05) is 25.9 Å². The summed E-state index contributed by atoms with van der Waals surface area (Å²) >= 11 is 1.31. The van der Waals surface area contributed by atoms with E-state index in [4.69, 9.17) is 10.5 Å². The number of benzene rings is 2. The largest absolute Gasteiger partial charge is 0.493 e. The van der Waals surface area contributed by atoms with E-state index in [2.05, 4.69) is 9.72 Å². The first-order valence-corrected chi connectivity index (χ1v) is 11.9. The molecule has 0 bridgehead atoms. The number of anilines is 1. The van der Waals surface area contributed by atoms with Gasteiger partial charge in [-0.1, -0.05) is 47.2 Å². The maximum absolute atomic E-state index is 13.6. The number of carbonyl (C=O) groups excluding carboxylic acids is 1. The van der Waals surface area contributed by atoms with Crippen LogP contribution in [-0.4, -0.2) is 42.6 Å². The lowest BCUT2D eigenvalue weighted by Crippen LogP contribution is -2.35. The summed E-state index contributed by atoms with van der Waals surface area (Å²) in [7, 11) is 1.40. The number of methoxy groups -OCH3 is 1. The number of rotatable bonds is 10. The molecule has 1 saturated carbocycles. The summed E-state index contributed by atoms with van der Waals surface area (Å²) in [6, 6.07) is 12.8. The number of aromatic nitrogens is 1. The van der Waals surface area contributed by atoms with Gasteiger partial charge in [0.15, 0.2) is 16.6 Å². The predicted molar refractivity (Wildman–Crippen MR) is 129 cm³/mol. The molecule has 2 N–H and O–H groups in total. The molecule has 180 valence electrons. The molecular formula is C25H27F2N3O3S. The van der Waals surface area contributed by atoms with Crippen LogP contribution in [0.4, 0.5) is 13.9 Å². The standard InChI is InChI=1S/C25H27F2N3O3S/c1-15-4-3-5-18(12-15)22-21(29-25(28)34-22)23(31)30(14-17-6-7-17)11-10-16-8-9-19(33-24(26)27)20(13-16)32-2/h3-5,8-9,12-13,17,24H,6-7,10-11,14H2,1-2H3,(H2,28,29). The fourth-order valence-electron chi connectivity index (χ4n) is 3.83. The van der Waals surface area contributed by atoms with Gasteiger partial charge in [0, 0.05) is 13.1 Å². The number of aryl methyl sites for hydroxylation is 1. The van der Waals surface area contributed by atoms with Crippen LogP contribution in [-0.2, 0) is 6.42 Å². The monoisotopic (exact) mass is 487 g/mol. The van der Waals surface area contributed by atoms with E-state index in [1.54, 1.807) is 12.1 Å². The fourth-order valence-corrected chi connectivity index (χ4v) is 4.65. The summed E-state index contributed by atoms with van der Waals surface area (Å²) in [6.45, 7) is 0.172. The van der Waals surface area contributed by atoms with Crippen molar-refractivity contribution in [2.45, 2.75) is 32.8 Å². The Balaban J connectivity index is 1.55. The number of nitrogen functional groups attached to an aromatic ring is 1. The number of hydrogen-bond donors (Lipinski definition) is 1. The third-order valence-electron chi connectivity index (χ3n) is 5.70. The normalized spacial score (nSPS) is 13.2. The van der Waals surface area contributed by atoms with E-state index in [0.717, 1.165) is 34.4 Å². The van der Waals surface area contributed by atoms with Crippen molar-refractivity contribution in [1.29, 1.82) is 0 Å². The smallest absolute Gasteiger partial charge is 0.387 e. The maximum atomic E-state index is 13.6. The molecule has 34 heavy (non-hydrogen) atoms. The van der Waals surface area contributed by atoms with E-state index in [1.165, 1.54) is 24.5 Å². The highest BCUT2D eigenvalue weighted by molar-refractivity contribution is 7.19. The number of alkyl halides is 2. The number of thiazole rings is 1. The Morgan fingerprint density at radius 2 is 2.03 bits per heavy atom. The first-order chi connectivity index (χ1) is 16.3. The van der Waals surface area contributed by atoms with Crippen molar-refractivity contribution in [2.24, 2.45) is 5.92 Å². The van der Waals surface area contributed by atoms with Gasteiger partial charge >= 0.3 is 6.61 Å². The summed E-state index contributed by atoms with van der Waals surface area (Å²) < 4.78 is 34.9. The summed E-state index contributed by atoms with van der Waals surface area (Å²) in [5, 5.41) is 0.352. The van der Waals surface area contributed by atoms with Crippen LogP contribution in [0.1, 0.15) is 34.5 Å². The quantitative estimate of drug-likeness (QED) is 0.414. The zero-order chi connectivity index (χ0) is 24.2. The minimum Gasteiger partial charge on any atom is -0.493 e. The molecular weight excluding hydrogens is 460 g/mol.